The molecule has 1 radical (unpaired) electrons. The minimum Gasteiger partial charge on any atom is -0.615 e. The van der Waals surface area contributed by atoms with Gasteiger partial charge in [-0.05, 0) is 48.6 Å². The van der Waals surface area contributed by atoms with Crippen LogP contribution in [0, 0.1) is 0 Å². The molecule has 0 fully saturated rings. The molecule has 2 aromatic rings. The summed E-state index contributed by atoms with van der Waals surface area (Å²) in [4.78, 5) is 8.59. The Balaban J connectivity index is 0.000000240. The van der Waals surface area contributed by atoms with Crippen LogP contribution in [0.1, 0.15) is 0 Å². The fourth-order valence-electron chi connectivity index (χ4n) is 2.96. The largest absolute Gasteiger partial charge is 2.00 e. The van der Waals surface area contributed by atoms with Gasteiger partial charge in [-0.2, -0.15) is 0 Å². The number of aliphatic imine (C=N–C) groups is 2. The number of benzene rings is 2. The van der Waals surface area contributed by atoms with Gasteiger partial charge in [0.15, 0.2) is 0 Å². The molecule has 2 aliphatic rings. The van der Waals surface area contributed by atoms with Crippen LogP contribution in [-0.4, -0.2) is 21.6 Å². The summed E-state index contributed by atoms with van der Waals surface area (Å²) in [5.74, 6) is -1.50. The predicted molar refractivity (Wildman–Crippen MR) is 134 cm³/mol. The van der Waals surface area contributed by atoms with Crippen LogP contribution in [0.5, 0.6) is 0 Å². The first-order valence-electron chi connectivity index (χ1n) is 10.2. The summed E-state index contributed by atoms with van der Waals surface area (Å²) in [5, 5.41) is 36.5. The van der Waals surface area contributed by atoms with Crippen LogP contribution in [-0.2, 0) is 17.1 Å². The fourth-order valence-corrected chi connectivity index (χ4v) is 2.96. The Morgan fingerprint density at radius 3 is 1.29 bits per heavy atom. The molecule has 2 aromatic carbocycles. The van der Waals surface area contributed by atoms with Crippen molar-refractivity contribution in [3.05, 3.63) is 120 Å². The summed E-state index contributed by atoms with van der Waals surface area (Å²) in [6.07, 6.45) is 13.5. The van der Waals surface area contributed by atoms with Crippen LogP contribution in [0.3, 0.4) is 0 Å². The van der Waals surface area contributed by atoms with Crippen molar-refractivity contribution in [1.82, 2.24) is 0 Å². The molecule has 0 saturated carbocycles. The molecule has 8 nitrogen and oxygen atoms in total. The average Bonchev–Trinajstić information content (AvgIpc) is 2.83. The molecule has 181 valence electrons. The molecule has 0 bridgehead atoms. The summed E-state index contributed by atoms with van der Waals surface area (Å²) in [7, 11) is 0. The molecule has 2 aliphatic carbocycles. The Labute approximate surface area is 213 Å². The third-order valence-corrected chi connectivity index (χ3v) is 4.65. The molecule has 0 saturated heterocycles. The van der Waals surface area contributed by atoms with E-state index in [1.165, 1.54) is 0 Å². The van der Waals surface area contributed by atoms with Crippen molar-refractivity contribution in [1.29, 1.82) is 0 Å². The monoisotopic (exact) mass is 519 g/mol. The number of anilines is 2. The molecular weight excluding hydrogens is 496 g/mol. The standard InChI is InChI=1S/2C13H12N2O2.Cu/c2*14-10-6-2-4-8-12(10)15-11-7-3-1-5-9(11)13(16)17;/h2*1-8,16-17H,14H2;/q;;+2. The molecule has 0 unspecified atom stereocenters. The van der Waals surface area contributed by atoms with E-state index >= 15 is 0 Å². The van der Waals surface area contributed by atoms with E-state index in [9.17, 15) is 10.2 Å². The maximum absolute atomic E-state index is 11.1. The molecule has 0 heterocycles. The van der Waals surface area contributed by atoms with Crippen molar-refractivity contribution in [3.8, 4) is 0 Å². The minimum atomic E-state index is -0.751. The van der Waals surface area contributed by atoms with E-state index in [0.717, 1.165) is 0 Å². The van der Waals surface area contributed by atoms with Crippen molar-refractivity contribution >= 4 is 34.2 Å². The molecular formula is C26H24CuN4O4+2. The first-order chi connectivity index (χ1) is 16.4. The van der Waals surface area contributed by atoms with E-state index < -0.39 is 11.9 Å². The molecule has 0 spiro atoms. The summed E-state index contributed by atoms with van der Waals surface area (Å²) in [5.41, 5.74) is 15.3. The van der Waals surface area contributed by atoms with E-state index in [1.54, 1.807) is 72.9 Å². The van der Waals surface area contributed by atoms with Crippen LogP contribution in [0.4, 0.5) is 22.7 Å². The van der Waals surface area contributed by atoms with Crippen molar-refractivity contribution in [2.45, 2.75) is 0 Å². The molecule has 4 rings (SSSR count). The Hall–Kier alpha value is -4.46. The van der Waals surface area contributed by atoms with E-state index in [2.05, 4.69) is 9.98 Å². The maximum atomic E-state index is 11.1. The van der Waals surface area contributed by atoms with Gasteiger partial charge in [-0.15, -0.1) is 0 Å². The summed E-state index contributed by atoms with van der Waals surface area (Å²) < 4.78 is 0. The van der Waals surface area contributed by atoms with Gasteiger partial charge in [0.1, 0.15) is 0 Å². The Kier molecular flexibility index (Phi) is 9.71. The number of allylic oxidation sites excluding steroid dienone is 10. The third kappa shape index (κ3) is 7.26. The zero-order valence-electron chi connectivity index (χ0n) is 18.4. The van der Waals surface area contributed by atoms with Gasteiger partial charge in [0, 0.05) is 0 Å². The van der Waals surface area contributed by atoms with Crippen LogP contribution in [0.2, 0.25) is 0 Å². The Bertz CT molecular complexity index is 1210. The fraction of sp³-hybridized carbons (Fsp3) is 0. The molecule has 9 heteroatoms. The maximum Gasteiger partial charge on any atom is 2.00 e. The number of nitrogen functional groups attached to an aromatic ring is 2. The second-order valence-corrected chi connectivity index (χ2v) is 7.03. The number of nitrogens with two attached hydrogens (primary N) is 2. The molecule has 8 N–H and O–H groups in total. The van der Waals surface area contributed by atoms with Gasteiger partial charge in [-0.3, -0.25) is 0 Å². The summed E-state index contributed by atoms with van der Waals surface area (Å²) in [6, 6.07) is 14.3. The van der Waals surface area contributed by atoms with Crippen LogP contribution < -0.4 is 21.7 Å². The van der Waals surface area contributed by atoms with Crippen molar-refractivity contribution in [2.24, 2.45) is 9.98 Å². The smallest absolute Gasteiger partial charge is 0.615 e. The number of para-hydroxylation sites is 4. The van der Waals surface area contributed by atoms with Gasteiger partial charge < -0.3 is 21.7 Å². The summed E-state index contributed by atoms with van der Waals surface area (Å²) >= 11 is 0. The van der Waals surface area contributed by atoms with E-state index in [-0.39, 0.29) is 28.2 Å². The topological polar surface area (TPSA) is 169 Å². The SMILES string of the molecule is Nc1ccccc1N=C1C=CC=C/C1=C(/[O-])[OH2+].Nc1ccccc1N=C1C=CC=C/C1=C(/[O-])[OH2+].[Cu+2]. The van der Waals surface area contributed by atoms with Gasteiger partial charge in [0.2, 0.25) is 0 Å². The van der Waals surface area contributed by atoms with Crippen molar-refractivity contribution in [3.63, 3.8) is 0 Å². The van der Waals surface area contributed by atoms with E-state index in [4.69, 9.17) is 21.7 Å². The number of nitrogens with zero attached hydrogens (tertiary/aromatic N) is 2. The Morgan fingerprint density at radius 2 is 0.943 bits per heavy atom. The molecule has 0 aliphatic heterocycles. The zero-order valence-corrected chi connectivity index (χ0v) is 19.3. The molecule has 0 aromatic heterocycles. The van der Waals surface area contributed by atoms with Crippen LogP contribution in [0.25, 0.3) is 0 Å². The average molecular weight is 520 g/mol. The number of hydrogen-bond donors (Lipinski definition) is 2. The van der Waals surface area contributed by atoms with E-state index in [0.29, 0.717) is 34.2 Å². The molecule has 0 amide bonds. The normalized spacial score (nSPS) is 19.1. The quantitative estimate of drug-likeness (QED) is 0.265. The first kappa shape index (κ1) is 26.8. The van der Waals surface area contributed by atoms with Gasteiger partial charge in [0.05, 0.1) is 45.3 Å². The number of hydrogen-bond acceptors (Lipinski definition) is 6. The summed E-state index contributed by atoms with van der Waals surface area (Å²) in [6.45, 7) is 0. The van der Waals surface area contributed by atoms with Gasteiger partial charge in [-0.25, -0.2) is 20.2 Å². The van der Waals surface area contributed by atoms with Crippen LogP contribution in [0.15, 0.2) is 130 Å². The predicted octanol–water partition coefficient (Wildman–Crippen LogP) is 1.53. The van der Waals surface area contributed by atoms with Gasteiger partial charge >= 0.3 is 29.0 Å². The van der Waals surface area contributed by atoms with Gasteiger partial charge in [0.25, 0.3) is 0 Å². The second-order valence-electron chi connectivity index (χ2n) is 7.03. The van der Waals surface area contributed by atoms with Crippen molar-refractivity contribution < 1.29 is 37.5 Å². The number of rotatable bonds is 2. The zero-order chi connectivity index (χ0) is 24.5. The molecule has 0 atom stereocenters. The van der Waals surface area contributed by atoms with Gasteiger partial charge in [-0.1, -0.05) is 48.6 Å². The molecule has 35 heavy (non-hydrogen) atoms. The second kappa shape index (κ2) is 12.7. The van der Waals surface area contributed by atoms with Crippen LogP contribution >= 0.6 is 0 Å². The third-order valence-electron chi connectivity index (χ3n) is 4.65. The van der Waals surface area contributed by atoms with E-state index in [1.807, 2.05) is 24.3 Å². The minimum absolute atomic E-state index is 0. The van der Waals surface area contributed by atoms with Crippen molar-refractivity contribution in [2.75, 3.05) is 11.5 Å². The first-order valence-corrected chi connectivity index (χ1v) is 10.2. The Morgan fingerprint density at radius 1 is 0.600 bits per heavy atom.